The molecule has 0 aromatic heterocycles. The molecular weight excluding hydrogens is 252 g/mol. The Bertz CT molecular complexity index is 634. The van der Waals surface area contributed by atoms with E-state index in [1.807, 2.05) is 19.1 Å². The Morgan fingerprint density at radius 2 is 2.10 bits per heavy atom. The van der Waals surface area contributed by atoms with Crippen LogP contribution in [0.3, 0.4) is 0 Å². The van der Waals surface area contributed by atoms with Gasteiger partial charge in [0, 0.05) is 12.0 Å². The van der Waals surface area contributed by atoms with Crippen molar-refractivity contribution in [1.82, 2.24) is 0 Å². The largest absolute Gasteiger partial charge is 0.508 e. The molecule has 0 amide bonds. The van der Waals surface area contributed by atoms with Crippen LogP contribution in [0.5, 0.6) is 17.2 Å². The molecule has 1 N–H and O–H groups in total. The van der Waals surface area contributed by atoms with Gasteiger partial charge in [0.05, 0.1) is 0 Å². The zero-order valence-electron chi connectivity index (χ0n) is 11.7. The molecule has 0 fully saturated rings. The molecule has 1 unspecified atom stereocenters. The monoisotopic (exact) mass is 270 g/mol. The standard InChI is InChI=1S/C17H18O3/c1-11-6-7-17-13(8-11)9-14(20-17)10-19-16-5-3-4-15(18)12(16)2/h3-8,14,18H,9-10H2,1-2H3. The van der Waals surface area contributed by atoms with Gasteiger partial charge in [-0.25, -0.2) is 0 Å². The molecule has 1 aliphatic rings. The summed E-state index contributed by atoms with van der Waals surface area (Å²) in [5.41, 5.74) is 3.25. The van der Waals surface area contributed by atoms with Crippen molar-refractivity contribution in [2.75, 3.05) is 6.61 Å². The summed E-state index contributed by atoms with van der Waals surface area (Å²) in [4.78, 5) is 0. The van der Waals surface area contributed by atoms with Gasteiger partial charge in [-0.15, -0.1) is 0 Å². The van der Waals surface area contributed by atoms with E-state index in [4.69, 9.17) is 9.47 Å². The summed E-state index contributed by atoms with van der Waals surface area (Å²) in [6.45, 7) is 4.41. The van der Waals surface area contributed by atoms with Crippen molar-refractivity contribution in [3.8, 4) is 17.2 Å². The molecule has 3 heteroatoms. The Balaban J connectivity index is 1.65. The number of rotatable bonds is 3. The van der Waals surface area contributed by atoms with Gasteiger partial charge in [-0.3, -0.25) is 0 Å². The highest BCUT2D eigenvalue weighted by atomic mass is 16.5. The first-order chi connectivity index (χ1) is 9.63. The molecule has 20 heavy (non-hydrogen) atoms. The fraction of sp³-hybridized carbons (Fsp3) is 0.294. The van der Waals surface area contributed by atoms with Gasteiger partial charge in [0.2, 0.25) is 0 Å². The molecule has 0 radical (unpaired) electrons. The van der Waals surface area contributed by atoms with Crippen LogP contribution in [0.25, 0.3) is 0 Å². The molecule has 0 saturated carbocycles. The van der Waals surface area contributed by atoms with E-state index in [9.17, 15) is 5.11 Å². The molecule has 1 atom stereocenters. The molecule has 2 aromatic rings. The van der Waals surface area contributed by atoms with Crippen molar-refractivity contribution < 1.29 is 14.6 Å². The second-order valence-electron chi connectivity index (χ2n) is 5.27. The van der Waals surface area contributed by atoms with Crippen molar-refractivity contribution in [3.05, 3.63) is 53.1 Å². The summed E-state index contributed by atoms with van der Waals surface area (Å²) < 4.78 is 11.6. The third-order valence-corrected chi connectivity index (χ3v) is 3.64. The van der Waals surface area contributed by atoms with E-state index in [1.54, 1.807) is 12.1 Å². The summed E-state index contributed by atoms with van der Waals surface area (Å²) in [5, 5.41) is 9.65. The fourth-order valence-corrected chi connectivity index (χ4v) is 2.48. The molecule has 0 aliphatic carbocycles. The second kappa shape index (κ2) is 5.08. The Hall–Kier alpha value is -2.16. The van der Waals surface area contributed by atoms with Crippen molar-refractivity contribution in [3.63, 3.8) is 0 Å². The van der Waals surface area contributed by atoms with E-state index >= 15 is 0 Å². The van der Waals surface area contributed by atoms with Crippen LogP contribution in [-0.2, 0) is 6.42 Å². The molecule has 3 rings (SSSR count). The van der Waals surface area contributed by atoms with Crippen LogP contribution in [0.1, 0.15) is 16.7 Å². The van der Waals surface area contributed by atoms with Crippen LogP contribution in [0.15, 0.2) is 36.4 Å². The summed E-state index contributed by atoms with van der Waals surface area (Å²) in [7, 11) is 0. The van der Waals surface area contributed by atoms with Crippen molar-refractivity contribution >= 4 is 0 Å². The molecule has 104 valence electrons. The van der Waals surface area contributed by atoms with Gasteiger partial charge in [0.1, 0.15) is 30.0 Å². The first-order valence-corrected chi connectivity index (χ1v) is 6.81. The maximum atomic E-state index is 9.65. The van der Waals surface area contributed by atoms with Crippen LogP contribution in [-0.4, -0.2) is 17.8 Å². The summed E-state index contributed by atoms with van der Waals surface area (Å²) >= 11 is 0. The lowest BCUT2D eigenvalue weighted by Gasteiger charge is -2.14. The number of hydrogen-bond acceptors (Lipinski definition) is 3. The molecule has 2 aromatic carbocycles. The zero-order valence-corrected chi connectivity index (χ0v) is 11.7. The summed E-state index contributed by atoms with van der Waals surface area (Å²) in [5.74, 6) is 1.92. The summed E-state index contributed by atoms with van der Waals surface area (Å²) in [6.07, 6.45) is 0.906. The third kappa shape index (κ3) is 2.44. The molecule has 1 heterocycles. The predicted molar refractivity (Wildman–Crippen MR) is 77.6 cm³/mol. The topological polar surface area (TPSA) is 38.7 Å². The zero-order chi connectivity index (χ0) is 14.1. The first kappa shape index (κ1) is 12.9. The van der Waals surface area contributed by atoms with Gasteiger partial charge < -0.3 is 14.6 Å². The minimum Gasteiger partial charge on any atom is -0.508 e. The number of aryl methyl sites for hydroxylation is 1. The molecule has 3 nitrogen and oxygen atoms in total. The van der Waals surface area contributed by atoms with E-state index in [0.29, 0.717) is 12.4 Å². The van der Waals surface area contributed by atoms with Gasteiger partial charge in [-0.05, 0) is 37.6 Å². The van der Waals surface area contributed by atoms with Crippen LogP contribution in [0.2, 0.25) is 0 Å². The molecule has 0 bridgehead atoms. The van der Waals surface area contributed by atoms with Gasteiger partial charge in [-0.1, -0.05) is 23.8 Å². The highest BCUT2D eigenvalue weighted by Crippen LogP contribution is 2.31. The molecular formula is C17H18O3. The lowest BCUT2D eigenvalue weighted by atomic mass is 10.1. The van der Waals surface area contributed by atoms with E-state index in [0.717, 1.165) is 17.7 Å². The average molecular weight is 270 g/mol. The fourth-order valence-electron chi connectivity index (χ4n) is 2.48. The molecule has 0 spiro atoms. The summed E-state index contributed by atoms with van der Waals surface area (Å²) in [6, 6.07) is 11.5. The maximum Gasteiger partial charge on any atom is 0.137 e. The van der Waals surface area contributed by atoms with Crippen molar-refractivity contribution in [2.24, 2.45) is 0 Å². The van der Waals surface area contributed by atoms with Gasteiger partial charge in [0.15, 0.2) is 0 Å². The smallest absolute Gasteiger partial charge is 0.137 e. The minimum atomic E-state index is 0.0357. The number of hydrogen-bond donors (Lipinski definition) is 1. The van der Waals surface area contributed by atoms with Gasteiger partial charge >= 0.3 is 0 Å². The van der Waals surface area contributed by atoms with Gasteiger partial charge in [-0.2, -0.15) is 0 Å². The second-order valence-corrected chi connectivity index (χ2v) is 5.27. The third-order valence-electron chi connectivity index (χ3n) is 3.64. The highest BCUT2D eigenvalue weighted by Gasteiger charge is 2.23. The van der Waals surface area contributed by atoms with E-state index in [-0.39, 0.29) is 11.9 Å². The average Bonchev–Trinajstić information content (AvgIpc) is 2.82. The van der Waals surface area contributed by atoms with Crippen LogP contribution >= 0.6 is 0 Å². The van der Waals surface area contributed by atoms with Crippen molar-refractivity contribution in [1.29, 1.82) is 0 Å². The van der Waals surface area contributed by atoms with Crippen LogP contribution in [0.4, 0.5) is 0 Å². The molecule has 0 saturated heterocycles. The quantitative estimate of drug-likeness (QED) is 0.929. The number of benzene rings is 2. The number of fused-ring (bicyclic) bond motifs is 1. The number of aromatic hydroxyl groups is 1. The molecule has 1 aliphatic heterocycles. The predicted octanol–water partition coefficient (Wildman–Crippen LogP) is 3.39. The Kier molecular flexibility index (Phi) is 3.26. The van der Waals surface area contributed by atoms with E-state index in [2.05, 4.69) is 19.1 Å². The Morgan fingerprint density at radius 3 is 2.95 bits per heavy atom. The van der Waals surface area contributed by atoms with Gasteiger partial charge in [0.25, 0.3) is 0 Å². The SMILES string of the molecule is Cc1ccc2c(c1)CC(COc1cccc(O)c1C)O2. The van der Waals surface area contributed by atoms with E-state index in [1.165, 1.54) is 11.1 Å². The highest BCUT2D eigenvalue weighted by molar-refractivity contribution is 5.43. The lowest BCUT2D eigenvalue weighted by molar-refractivity contribution is 0.148. The first-order valence-electron chi connectivity index (χ1n) is 6.81. The lowest BCUT2D eigenvalue weighted by Crippen LogP contribution is -2.22. The normalized spacial score (nSPS) is 16.6. The minimum absolute atomic E-state index is 0.0357. The van der Waals surface area contributed by atoms with Crippen LogP contribution < -0.4 is 9.47 Å². The maximum absolute atomic E-state index is 9.65. The Morgan fingerprint density at radius 1 is 1.25 bits per heavy atom. The van der Waals surface area contributed by atoms with E-state index < -0.39 is 0 Å². The van der Waals surface area contributed by atoms with Crippen molar-refractivity contribution in [2.45, 2.75) is 26.4 Å². The van der Waals surface area contributed by atoms with Crippen LogP contribution in [0, 0.1) is 13.8 Å². The number of ether oxygens (including phenoxy) is 2. The Labute approximate surface area is 118 Å². The number of phenolic OH excluding ortho intramolecular Hbond substituents is 1. The number of phenols is 1.